The third-order valence-electron chi connectivity index (χ3n) is 4.59. The molecule has 0 bridgehead atoms. The molecule has 2 rings (SSSR count). The summed E-state index contributed by atoms with van der Waals surface area (Å²) in [4.78, 5) is 27.2. The second-order valence-electron chi connectivity index (χ2n) is 6.93. The number of carbonyl (C=O) groups excluding carboxylic acids is 2. The molecule has 0 aliphatic rings. The van der Waals surface area contributed by atoms with Crippen molar-refractivity contribution < 1.29 is 9.59 Å². The third kappa shape index (κ3) is 7.76. The summed E-state index contributed by atoms with van der Waals surface area (Å²) in [6.45, 7) is 4.48. The normalized spacial score (nSPS) is 11.8. The molecule has 168 valence electrons. The highest BCUT2D eigenvalue weighted by Gasteiger charge is 2.26. The lowest BCUT2D eigenvalue weighted by Gasteiger charge is -2.29. The maximum Gasteiger partial charge on any atom is 0.242 e. The highest BCUT2D eigenvalue weighted by molar-refractivity contribution is 7.99. The van der Waals surface area contributed by atoms with Crippen molar-refractivity contribution in [1.29, 1.82) is 0 Å². The van der Waals surface area contributed by atoms with Crippen LogP contribution < -0.4 is 5.32 Å². The molecule has 1 atom stereocenters. The number of nitrogens with zero attached hydrogens (tertiary/aromatic N) is 1. The van der Waals surface area contributed by atoms with E-state index in [1.54, 1.807) is 48.2 Å². The average molecular weight is 522 g/mol. The lowest BCUT2D eigenvalue weighted by atomic mass is 10.1. The van der Waals surface area contributed by atoms with Crippen LogP contribution in [0.15, 0.2) is 36.4 Å². The summed E-state index contributed by atoms with van der Waals surface area (Å²) in [5, 5.41) is 4.81. The lowest BCUT2D eigenvalue weighted by Crippen LogP contribution is -2.48. The molecule has 0 saturated heterocycles. The van der Waals surface area contributed by atoms with E-state index in [2.05, 4.69) is 5.32 Å². The first-order chi connectivity index (χ1) is 14.7. The van der Waals surface area contributed by atoms with Gasteiger partial charge in [0.15, 0.2) is 0 Å². The summed E-state index contributed by atoms with van der Waals surface area (Å²) >= 11 is 25.9. The molecular formula is C22H24Cl4N2O2S. The number of carbonyl (C=O) groups is 2. The van der Waals surface area contributed by atoms with Crippen molar-refractivity contribution >= 4 is 70.0 Å². The Balaban J connectivity index is 2.12. The van der Waals surface area contributed by atoms with E-state index in [9.17, 15) is 9.59 Å². The van der Waals surface area contributed by atoms with Gasteiger partial charge in [-0.3, -0.25) is 9.59 Å². The monoisotopic (exact) mass is 520 g/mol. The first kappa shape index (κ1) is 26.1. The average Bonchev–Trinajstić information content (AvgIpc) is 2.74. The van der Waals surface area contributed by atoms with Gasteiger partial charge in [0, 0.05) is 28.9 Å². The fourth-order valence-electron chi connectivity index (χ4n) is 2.81. The van der Waals surface area contributed by atoms with E-state index in [0.29, 0.717) is 32.4 Å². The Morgan fingerprint density at radius 1 is 1.03 bits per heavy atom. The summed E-state index contributed by atoms with van der Waals surface area (Å²) in [6, 6.07) is 9.85. The van der Waals surface area contributed by atoms with E-state index in [1.165, 1.54) is 11.8 Å². The Morgan fingerprint density at radius 3 is 2.32 bits per heavy atom. The molecule has 0 aromatic heterocycles. The van der Waals surface area contributed by atoms with E-state index in [4.69, 9.17) is 46.4 Å². The highest BCUT2D eigenvalue weighted by Crippen LogP contribution is 2.29. The Kier molecular flexibility index (Phi) is 10.8. The van der Waals surface area contributed by atoms with Crippen LogP contribution in [0.5, 0.6) is 0 Å². The van der Waals surface area contributed by atoms with Gasteiger partial charge < -0.3 is 10.2 Å². The van der Waals surface area contributed by atoms with Crippen LogP contribution in [-0.4, -0.2) is 35.1 Å². The SMILES string of the molecule is CCCNC(=O)[C@@H](C)N(Cc1ccc(Cl)c(Cl)c1)C(=O)CSCc1c(Cl)cccc1Cl. The molecule has 0 aliphatic heterocycles. The van der Waals surface area contributed by atoms with E-state index < -0.39 is 6.04 Å². The smallest absolute Gasteiger partial charge is 0.242 e. The van der Waals surface area contributed by atoms with Gasteiger partial charge in [-0.25, -0.2) is 0 Å². The molecule has 0 unspecified atom stereocenters. The van der Waals surface area contributed by atoms with E-state index in [-0.39, 0.29) is 24.1 Å². The fourth-order valence-corrected chi connectivity index (χ4v) is 4.77. The van der Waals surface area contributed by atoms with Crippen LogP contribution in [0, 0.1) is 0 Å². The van der Waals surface area contributed by atoms with Crippen LogP contribution in [0.4, 0.5) is 0 Å². The van der Waals surface area contributed by atoms with Gasteiger partial charge in [0.05, 0.1) is 15.8 Å². The first-order valence-corrected chi connectivity index (χ1v) is 12.4. The molecular weight excluding hydrogens is 498 g/mol. The van der Waals surface area contributed by atoms with E-state index in [1.807, 2.05) is 6.92 Å². The number of rotatable bonds is 10. The van der Waals surface area contributed by atoms with Crippen LogP contribution >= 0.6 is 58.2 Å². The van der Waals surface area contributed by atoms with Crippen molar-refractivity contribution in [1.82, 2.24) is 10.2 Å². The summed E-state index contributed by atoms with van der Waals surface area (Å²) in [6.07, 6.45) is 0.813. The molecule has 2 aromatic carbocycles. The Morgan fingerprint density at radius 2 is 1.71 bits per heavy atom. The number of nitrogens with one attached hydrogen (secondary N) is 1. The molecule has 0 fully saturated rings. The van der Waals surface area contributed by atoms with Gasteiger partial charge in [-0.15, -0.1) is 11.8 Å². The molecule has 9 heteroatoms. The minimum absolute atomic E-state index is 0.168. The van der Waals surface area contributed by atoms with Crippen LogP contribution in [0.1, 0.15) is 31.4 Å². The summed E-state index contributed by atoms with van der Waals surface area (Å²) in [7, 11) is 0. The van der Waals surface area contributed by atoms with Gasteiger partial charge in [0.25, 0.3) is 0 Å². The quantitative estimate of drug-likeness (QED) is 0.389. The number of benzene rings is 2. The van der Waals surface area contributed by atoms with Crippen molar-refractivity contribution in [2.75, 3.05) is 12.3 Å². The van der Waals surface area contributed by atoms with Crippen LogP contribution in [0.25, 0.3) is 0 Å². The lowest BCUT2D eigenvalue weighted by molar-refractivity contribution is -0.138. The molecule has 1 N–H and O–H groups in total. The van der Waals surface area contributed by atoms with Gasteiger partial charge in [-0.2, -0.15) is 0 Å². The summed E-state index contributed by atoms with van der Waals surface area (Å²) < 4.78 is 0. The Labute approximate surface area is 207 Å². The number of amides is 2. The van der Waals surface area contributed by atoms with Crippen molar-refractivity contribution in [2.45, 2.75) is 38.6 Å². The number of hydrogen-bond donors (Lipinski definition) is 1. The zero-order valence-electron chi connectivity index (χ0n) is 17.3. The third-order valence-corrected chi connectivity index (χ3v) is 6.98. The number of hydrogen-bond acceptors (Lipinski definition) is 3. The number of thioether (sulfide) groups is 1. The van der Waals surface area contributed by atoms with Gasteiger partial charge in [0.2, 0.25) is 11.8 Å². The maximum atomic E-state index is 13.1. The van der Waals surface area contributed by atoms with Gasteiger partial charge in [-0.05, 0) is 48.7 Å². The zero-order valence-corrected chi connectivity index (χ0v) is 21.1. The fraction of sp³-hybridized carbons (Fsp3) is 0.364. The minimum Gasteiger partial charge on any atom is -0.354 e. The van der Waals surface area contributed by atoms with Crippen molar-refractivity contribution in [3.05, 3.63) is 67.6 Å². The van der Waals surface area contributed by atoms with Crippen molar-refractivity contribution in [2.24, 2.45) is 0 Å². The maximum absolute atomic E-state index is 13.1. The van der Waals surface area contributed by atoms with Crippen molar-refractivity contribution in [3.63, 3.8) is 0 Å². The predicted octanol–water partition coefficient (Wildman–Crippen LogP) is 6.48. The minimum atomic E-state index is -0.641. The molecule has 2 amide bonds. The Bertz CT molecular complexity index is 906. The molecule has 0 spiro atoms. The van der Waals surface area contributed by atoms with Crippen molar-refractivity contribution in [3.8, 4) is 0 Å². The highest BCUT2D eigenvalue weighted by atomic mass is 35.5. The second kappa shape index (κ2) is 12.8. The number of halogens is 4. The topological polar surface area (TPSA) is 49.4 Å². The molecule has 0 saturated carbocycles. The predicted molar refractivity (Wildman–Crippen MR) is 132 cm³/mol. The molecule has 4 nitrogen and oxygen atoms in total. The zero-order chi connectivity index (χ0) is 23.0. The molecule has 0 heterocycles. The van der Waals surface area contributed by atoms with E-state index >= 15 is 0 Å². The molecule has 2 aromatic rings. The molecule has 0 radical (unpaired) electrons. The largest absolute Gasteiger partial charge is 0.354 e. The summed E-state index contributed by atoms with van der Waals surface area (Å²) in [5.74, 6) is 0.294. The first-order valence-electron chi connectivity index (χ1n) is 9.76. The van der Waals surface area contributed by atoms with Gasteiger partial charge in [0.1, 0.15) is 6.04 Å². The van der Waals surface area contributed by atoms with Gasteiger partial charge in [-0.1, -0.05) is 65.5 Å². The molecule has 31 heavy (non-hydrogen) atoms. The Hall–Kier alpha value is -1.11. The van der Waals surface area contributed by atoms with Gasteiger partial charge >= 0.3 is 0 Å². The second-order valence-corrected chi connectivity index (χ2v) is 9.54. The van der Waals surface area contributed by atoms with E-state index in [0.717, 1.165) is 17.5 Å². The van der Waals surface area contributed by atoms with Crippen LogP contribution in [0.3, 0.4) is 0 Å². The van der Waals surface area contributed by atoms with Crippen LogP contribution in [0.2, 0.25) is 20.1 Å². The summed E-state index contributed by atoms with van der Waals surface area (Å²) in [5.41, 5.74) is 1.57. The molecule has 0 aliphatic carbocycles. The van der Waals surface area contributed by atoms with Crippen LogP contribution in [-0.2, 0) is 21.9 Å². The standard InChI is InChI=1S/C22H24Cl4N2O2S/c1-3-9-27-22(30)14(2)28(11-15-7-8-19(25)20(26)10-15)21(29)13-31-12-16-17(23)5-4-6-18(16)24/h4-8,10,14H,3,9,11-13H2,1-2H3,(H,27,30)/t14-/m1/s1.